The Balaban J connectivity index is 1.43. The molecule has 4 aliphatic rings. The summed E-state index contributed by atoms with van der Waals surface area (Å²) in [5.41, 5.74) is 4.06. The number of carbonyl (C=O) groups is 2. The minimum atomic E-state index is -0.594. The van der Waals surface area contributed by atoms with E-state index < -0.39 is 28.6 Å². The molecule has 2 atom stereocenters. The zero-order valence-electron chi connectivity index (χ0n) is 17.2. The summed E-state index contributed by atoms with van der Waals surface area (Å²) in [6.45, 7) is 0. The van der Waals surface area contributed by atoms with Crippen LogP contribution in [0.15, 0.2) is 71.8 Å². The Morgan fingerprint density at radius 1 is 0.848 bits per heavy atom. The molecule has 1 fully saturated rings. The lowest BCUT2D eigenvalue weighted by molar-refractivity contribution is -0.384. The molecule has 3 aromatic rings. The zero-order chi connectivity index (χ0) is 22.9. The molecular weight excluding hydrogens is 422 g/mol. The number of phenols is 1. The molecular formula is C25H17N3O5. The van der Waals surface area contributed by atoms with Gasteiger partial charge in [-0.15, -0.1) is 0 Å². The van der Waals surface area contributed by atoms with Gasteiger partial charge in [0, 0.05) is 29.5 Å². The van der Waals surface area contributed by atoms with Crippen molar-refractivity contribution in [2.24, 2.45) is 16.9 Å². The number of imide groups is 1. The Kier molecular flexibility index (Phi) is 4.01. The van der Waals surface area contributed by atoms with Gasteiger partial charge in [-0.1, -0.05) is 48.5 Å². The molecule has 1 N–H and O–H groups in total. The number of hydrogen-bond acceptors (Lipinski definition) is 6. The third-order valence-electron chi connectivity index (χ3n) is 6.96. The lowest BCUT2D eigenvalue weighted by atomic mass is 9.55. The number of hydrazone groups is 1. The van der Waals surface area contributed by atoms with Gasteiger partial charge in [0.2, 0.25) is 0 Å². The molecule has 1 heterocycles. The summed E-state index contributed by atoms with van der Waals surface area (Å²) in [7, 11) is 0. The summed E-state index contributed by atoms with van der Waals surface area (Å²) in [5.74, 6) is -2.65. The first kappa shape index (κ1) is 19.4. The van der Waals surface area contributed by atoms with Gasteiger partial charge in [0.25, 0.3) is 17.5 Å². The fraction of sp³-hybridized carbons (Fsp3) is 0.160. The molecule has 1 saturated heterocycles. The topological polar surface area (TPSA) is 113 Å². The molecule has 1 aliphatic heterocycles. The highest BCUT2D eigenvalue weighted by Gasteiger charge is 2.61. The van der Waals surface area contributed by atoms with E-state index in [9.17, 15) is 24.8 Å². The van der Waals surface area contributed by atoms with E-state index in [2.05, 4.69) is 5.10 Å². The number of hydrogen-bond donors (Lipinski definition) is 1. The Bertz CT molecular complexity index is 1280. The smallest absolute Gasteiger partial charge is 0.270 e. The molecule has 2 amide bonds. The SMILES string of the molecule is O=C1[C@H]2C3c4ccccc4C(c4ccccc43)[C@@H]2C(=O)N1/N=C\c1cc([N+](=O)[O-])ccc1O. The summed E-state index contributed by atoms with van der Waals surface area (Å²) < 4.78 is 0. The third kappa shape index (κ3) is 2.60. The second-order valence-corrected chi connectivity index (χ2v) is 8.50. The normalized spacial score (nSPS) is 24.7. The van der Waals surface area contributed by atoms with Gasteiger partial charge < -0.3 is 5.11 Å². The molecule has 7 rings (SSSR count). The molecule has 3 aromatic carbocycles. The van der Waals surface area contributed by atoms with Gasteiger partial charge in [-0.3, -0.25) is 19.7 Å². The number of phenolic OH excluding ortho intramolecular Hbond substituents is 1. The van der Waals surface area contributed by atoms with Crippen LogP contribution in [-0.4, -0.2) is 33.1 Å². The Hall–Kier alpha value is -4.33. The number of rotatable bonds is 3. The van der Waals surface area contributed by atoms with Crippen LogP contribution in [0.1, 0.15) is 39.7 Å². The maximum Gasteiger partial charge on any atom is 0.270 e. The highest BCUT2D eigenvalue weighted by Crippen LogP contribution is 2.60. The molecule has 8 heteroatoms. The van der Waals surface area contributed by atoms with E-state index in [1.165, 1.54) is 12.1 Å². The van der Waals surface area contributed by atoms with Gasteiger partial charge in [0.15, 0.2) is 0 Å². The minimum absolute atomic E-state index is 0.0502. The van der Waals surface area contributed by atoms with Crippen molar-refractivity contribution < 1.29 is 19.6 Å². The third-order valence-corrected chi connectivity index (χ3v) is 6.96. The monoisotopic (exact) mass is 439 g/mol. The summed E-state index contributed by atoms with van der Waals surface area (Å²) >= 11 is 0. The molecule has 0 aromatic heterocycles. The van der Waals surface area contributed by atoms with Crippen LogP contribution in [0.25, 0.3) is 0 Å². The van der Waals surface area contributed by atoms with E-state index in [0.29, 0.717) is 0 Å². The molecule has 33 heavy (non-hydrogen) atoms. The van der Waals surface area contributed by atoms with E-state index >= 15 is 0 Å². The van der Waals surface area contributed by atoms with Gasteiger partial charge in [-0.2, -0.15) is 10.1 Å². The van der Waals surface area contributed by atoms with Crippen molar-refractivity contribution in [1.29, 1.82) is 0 Å². The fourth-order valence-corrected chi connectivity index (χ4v) is 5.65. The van der Waals surface area contributed by atoms with E-state index in [4.69, 9.17) is 0 Å². The van der Waals surface area contributed by atoms with Crippen LogP contribution >= 0.6 is 0 Å². The minimum Gasteiger partial charge on any atom is -0.507 e. The first-order valence-corrected chi connectivity index (χ1v) is 10.5. The number of benzene rings is 3. The highest BCUT2D eigenvalue weighted by atomic mass is 16.6. The Morgan fingerprint density at radius 3 is 1.79 bits per heavy atom. The van der Waals surface area contributed by atoms with Gasteiger partial charge in [0.05, 0.1) is 23.0 Å². The van der Waals surface area contributed by atoms with Crippen molar-refractivity contribution >= 4 is 23.7 Å². The number of aromatic hydroxyl groups is 1. The lowest BCUT2D eigenvalue weighted by Crippen LogP contribution is -2.41. The van der Waals surface area contributed by atoms with E-state index in [0.717, 1.165) is 39.5 Å². The van der Waals surface area contributed by atoms with Crippen molar-refractivity contribution in [3.8, 4) is 5.75 Å². The summed E-state index contributed by atoms with van der Waals surface area (Å²) in [4.78, 5) is 37.4. The van der Waals surface area contributed by atoms with E-state index in [-0.39, 0.29) is 28.8 Å². The van der Waals surface area contributed by atoms with Gasteiger partial charge >= 0.3 is 0 Å². The standard InChI is InChI=1S/C25H17N3O5/c29-19-10-9-14(28(32)33)11-13(19)12-26-27-24(30)22-20-15-5-1-2-6-16(15)21(23(22)25(27)31)18-8-4-3-7-17(18)20/h1-12,20-23,29H/b26-12-/t20?,21?,22-,23-/m0/s1. The Labute approximate surface area is 187 Å². The van der Waals surface area contributed by atoms with Crippen LogP contribution < -0.4 is 0 Å². The second kappa shape index (κ2) is 6.83. The molecule has 8 nitrogen and oxygen atoms in total. The average Bonchev–Trinajstić information content (AvgIpc) is 3.08. The number of nitro benzene ring substituents is 1. The van der Waals surface area contributed by atoms with Gasteiger partial charge in [0.1, 0.15) is 5.75 Å². The number of nitrogens with zero attached hydrogens (tertiary/aromatic N) is 3. The van der Waals surface area contributed by atoms with Crippen LogP contribution in [0, 0.1) is 22.0 Å². The molecule has 0 saturated carbocycles. The predicted molar refractivity (Wildman–Crippen MR) is 118 cm³/mol. The first-order valence-electron chi connectivity index (χ1n) is 10.5. The van der Waals surface area contributed by atoms with Crippen LogP contribution in [-0.2, 0) is 9.59 Å². The molecule has 3 aliphatic carbocycles. The highest BCUT2D eigenvalue weighted by molar-refractivity contribution is 6.08. The van der Waals surface area contributed by atoms with Crippen LogP contribution in [0.5, 0.6) is 5.75 Å². The zero-order valence-corrected chi connectivity index (χ0v) is 17.2. The van der Waals surface area contributed by atoms with Crippen LogP contribution in [0.4, 0.5) is 5.69 Å². The predicted octanol–water partition coefficient (Wildman–Crippen LogP) is 3.53. The van der Waals surface area contributed by atoms with Crippen molar-refractivity contribution in [3.05, 3.63) is 105 Å². The van der Waals surface area contributed by atoms with Crippen molar-refractivity contribution in [2.75, 3.05) is 0 Å². The quantitative estimate of drug-likeness (QED) is 0.290. The molecule has 162 valence electrons. The summed E-state index contributed by atoms with van der Waals surface area (Å²) in [6.07, 6.45) is 1.12. The average molecular weight is 439 g/mol. The van der Waals surface area contributed by atoms with Crippen LogP contribution in [0.3, 0.4) is 0 Å². The second-order valence-electron chi connectivity index (χ2n) is 8.50. The number of non-ortho nitro benzene ring substituents is 1. The summed E-state index contributed by atoms with van der Waals surface area (Å²) in [5, 5.41) is 26.1. The van der Waals surface area contributed by atoms with Crippen LogP contribution in [0.2, 0.25) is 0 Å². The fourth-order valence-electron chi connectivity index (χ4n) is 5.65. The maximum atomic E-state index is 13.5. The van der Waals surface area contributed by atoms with E-state index in [1.807, 2.05) is 48.5 Å². The Morgan fingerprint density at radius 2 is 1.33 bits per heavy atom. The van der Waals surface area contributed by atoms with Gasteiger partial charge in [-0.25, -0.2) is 0 Å². The number of nitro groups is 1. The maximum absolute atomic E-state index is 13.5. The molecule has 0 radical (unpaired) electrons. The largest absolute Gasteiger partial charge is 0.507 e. The van der Waals surface area contributed by atoms with Crippen molar-refractivity contribution in [1.82, 2.24) is 5.01 Å². The first-order chi connectivity index (χ1) is 16.0. The van der Waals surface area contributed by atoms with Crippen molar-refractivity contribution in [3.63, 3.8) is 0 Å². The van der Waals surface area contributed by atoms with Gasteiger partial charge in [-0.05, 0) is 28.3 Å². The summed E-state index contributed by atoms with van der Waals surface area (Å²) in [6, 6.07) is 19.3. The molecule has 0 unspecified atom stereocenters. The van der Waals surface area contributed by atoms with Crippen molar-refractivity contribution in [2.45, 2.75) is 11.8 Å². The lowest BCUT2D eigenvalue weighted by Gasteiger charge is -2.45. The number of carbonyl (C=O) groups excluding carboxylic acids is 2. The van der Waals surface area contributed by atoms with E-state index in [1.54, 1.807) is 0 Å². The number of amides is 2. The molecule has 2 bridgehead atoms. The molecule has 0 spiro atoms.